The van der Waals surface area contributed by atoms with Gasteiger partial charge in [0.2, 0.25) is 0 Å². The van der Waals surface area contributed by atoms with Gasteiger partial charge in [0.25, 0.3) is 11.5 Å². The summed E-state index contributed by atoms with van der Waals surface area (Å²) in [5.74, 6) is 0.141. The predicted octanol–water partition coefficient (Wildman–Crippen LogP) is 4.34. The van der Waals surface area contributed by atoms with Gasteiger partial charge in [-0.3, -0.25) is 9.59 Å². The number of nitrogens with one attached hydrogen (secondary N) is 2. The molecule has 2 N–H and O–H groups in total. The van der Waals surface area contributed by atoms with Crippen LogP contribution in [0.4, 0.5) is 5.82 Å². The summed E-state index contributed by atoms with van der Waals surface area (Å²) >= 11 is 7.41. The van der Waals surface area contributed by atoms with Crippen molar-refractivity contribution in [2.24, 2.45) is 0 Å². The van der Waals surface area contributed by atoms with E-state index in [1.807, 2.05) is 12.1 Å². The standard InChI is InChI=1S/C19H17ClN4O2S/c1-3-12(4-2)19(26)24-17(22-11-13-7-8-16(20)27-13)10-15(23-24)14-6-5-9-21-18(14)25/h3-10,22H,1,11H2,2H3,(H,21,25)/b12-4+. The topological polar surface area (TPSA) is 79.8 Å². The lowest BCUT2D eigenvalue weighted by atomic mass is 10.2. The summed E-state index contributed by atoms with van der Waals surface area (Å²) in [5.41, 5.74) is 0.915. The van der Waals surface area contributed by atoms with E-state index in [0.717, 1.165) is 4.88 Å². The third-order valence-electron chi connectivity index (χ3n) is 3.85. The lowest BCUT2D eigenvalue weighted by Crippen LogP contribution is -2.17. The van der Waals surface area contributed by atoms with Crippen LogP contribution >= 0.6 is 22.9 Å². The Morgan fingerprint density at radius 1 is 1.44 bits per heavy atom. The Morgan fingerprint density at radius 2 is 2.26 bits per heavy atom. The van der Waals surface area contributed by atoms with Crippen LogP contribution in [0.2, 0.25) is 4.34 Å². The van der Waals surface area contributed by atoms with E-state index in [2.05, 4.69) is 22.0 Å². The predicted molar refractivity (Wildman–Crippen MR) is 110 cm³/mol. The second-order valence-electron chi connectivity index (χ2n) is 5.55. The van der Waals surface area contributed by atoms with Crippen LogP contribution in [0, 0.1) is 0 Å². The molecule has 138 valence electrons. The number of anilines is 1. The summed E-state index contributed by atoms with van der Waals surface area (Å²) in [6.07, 6.45) is 4.68. The first kappa shape index (κ1) is 18.9. The maximum Gasteiger partial charge on any atom is 0.279 e. The Morgan fingerprint density at radius 3 is 2.89 bits per heavy atom. The Labute approximate surface area is 164 Å². The molecule has 0 amide bonds. The number of halogens is 1. The number of carbonyl (C=O) groups excluding carboxylic acids is 1. The molecule has 0 bridgehead atoms. The number of hydrogen-bond acceptors (Lipinski definition) is 5. The molecule has 27 heavy (non-hydrogen) atoms. The van der Waals surface area contributed by atoms with Crippen molar-refractivity contribution in [3.8, 4) is 11.3 Å². The lowest BCUT2D eigenvalue weighted by Gasteiger charge is -2.08. The van der Waals surface area contributed by atoms with Crippen LogP contribution in [-0.2, 0) is 6.54 Å². The van der Waals surface area contributed by atoms with Gasteiger partial charge in [-0.1, -0.05) is 30.3 Å². The summed E-state index contributed by atoms with van der Waals surface area (Å²) in [7, 11) is 0. The zero-order chi connectivity index (χ0) is 19.4. The van der Waals surface area contributed by atoms with Gasteiger partial charge in [-0.25, -0.2) is 0 Å². The molecule has 3 rings (SSSR count). The number of carbonyl (C=O) groups is 1. The highest BCUT2D eigenvalue weighted by molar-refractivity contribution is 7.16. The molecule has 0 radical (unpaired) electrons. The number of H-pyrrole nitrogens is 1. The average molecular weight is 401 g/mol. The van der Waals surface area contributed by atoms with E-state index >= 15 is 0 Å². The number of pyridine rings is 1. The minimum Gasteiger partial charge on any atom is -0.365 e. The van der Waals surface area contributed by atoms with Gasteiger partial charge in [0.05, 0.1) is 16.4 Å². The summed E-state index contributed by atoms with van der Waals surface area (Å²) in [5, 5.41) is 7.54. The fraction of sp³-hybridized carbons (Fsp3) is 0.105. The van der Waals surface area contributed by atoms with Crippen LogP contribution in [0.5, 0.6) is 0 Å². The highest BCUT2D eigenvalue weighted by atomic mass is 35.5. The maximum atomic E-state index is 12.8. The van der Waals surface area contributed by atoms with Crippen LogP contribution in [-0.4, -0.2) is 20.7 Å². The largest absolute Gasteiger partial charge is 0.365 e. The fourth-order valence-electron chi connectivity index (χ4n) is 2.49. The average Bonchev–Trinajstić information content (AvgIpc) is 3.27. The van der Waals surface area contributed by atoms with Crippen molar-refractivity contribution in [2.75, 3.05) is 5.32 Å². The molecule has 0 aliphatic carbocycles. The molecule has 0 atom stereocenters. The van der Waals surface area contributed by atoms with Gasteiger partial charge in [-0.05, 0) is 31.2 Å². The lowest BCUT2D eigenvalue weighted by molar-refractivity contribution is 0.0947. The molecule has 0 aliphatic heterocycles. The molecule has 0 unspecified atom stereocenters. The molecule has 0 spiro atoms. The van der Waals surface area contributed by atoms with E-state index in [-0.39, 0.29) is 11.5 Å². The fourth-order valence-corrected chi connectivity index (χ4v) is 3.52. The van der Waals surface area contributed by atoms with Crippen LogP contribution < -0.4 is 10.9 Å². The van der Waals surface area contributed by atoms with Crippen LogP contribution in [0.3, 0.4) is 0 Å². The normalized spacial score (nSPS) is 11.4. The molecule has 0 aromatic carbocycles. The van der Waals surface area contributed by atoms with Gasteiger partial charge in [0.1, 0.15) is 11.5 Å². The summed E-state index contributed by atoms with van der Waals surface area (Å²) in [4.78, 5) is 28.5. The van der Waals surface area contributed by atoms with E-state index in [1.165, 1.54) is 22.1 Å². The molecular weight excluding hydrogens is 384 g/mol. The minimum atomic E-state index is -0.335. The van der Waals surface area contributed by atoms with Crippen molar-refractivity contribution >= 4 is 34.7 Å². The molecule has 8 heteroatoms. The van der Waals surface area contributed by atoms with Crippen LogP contribution in [0.1, 0.15) is 16.6 Å². The number of nitrogens with zero attached hydrogens (tertiary/aromatic N) is 2. The molecule has 6 nitrogen and oxygen atoms in total. The molecule has 3 heterocycles. The second-order valence-corrected chi connectivity index (χ2v) is 7.35. The number of thiophene rings is 1. The number of hydrogen-bond donors (Lipinski definition) is 2. The number of rotatable bonds is 6. The van der Waals surface area contributed by atoms with Crippen molar-refractivity contribution in [3.63, 3.8) is 0 Å². The Balaban J connectivity index is 2.01. The van der Waals surface area contributed by atoms with Crippen molar-refractivity contribution in [3.05, 3.63) is 80.4 Å². The molecule has 0 saturated heterocycles. The van der Waals surface area contributed by atoms with Gasteiger partial charge in [-0.2, -0.15) is 9.78 Å². The zero-order valence-electron chi connectivity index (χ0n) is 14.5. The molecular formula is C19H17ClN4O2S. The van der Waals surface area contributed by atoms with E-state index in [0.29, 0.717) is 33.5 Å². The van der Waals surface area contributed by atoms with Crippen LogP contribution in [0.25, 0.3) is 11.3 Å². The van der Waals surface area contributed by atoms with Crippen molar-refractivity contribution in [2.45, 2.75) is 13.5 Å². The van der Waals surface area contributed by atoms with Gasteiger partial charge >= 0.3 is 0 Å². The third-order valence-corrected chi connectivity index (χ3v) is 5.08. The SMILES string of the molecule is C=C/C(=C\C)C(=O)n1nc(-c2ccc[nH]c2=O)cc1NCc1ccc(Cl)s1. The Bertz CT molecular complexity index is 1080. The molecule has 0 saturated carbocycles. The Hall–Kier alpha value is -2.90. The minimum absolute atomic E-state index is 0.277. The highest BCUT2D eigenvalue weighted by Gasteiger charge is 2.18. The third kappa shape index (κ3) is 4.10. The van der Waals surface area contributed by atoms with E-state index < -0.39 is 0 Å². The van der Waals surface area contributed by atoms with Gasteiger partial charge in [-0.15, -0.1) is 11.3 Å². The number of aromatic nitrogens is 3. The molecule has 3 aromatic heterocycles. The van der Waals surface area contributed by atoms with E-state index in [1.54, 1.807) is 37.4 Å². The second kappa shape index (κ2) is 8.20. The first-order valence-corrected chi connectivity index (χ1v) is 9.32. The van der Waals surface area contributed by atoms with E-state index in [9.17, 15) is 9.59 Å². The van der Waals surface area contributed by atoms with Crippen LogP contribution in [0.15, 0.2) is 65.6 Å². The first-order chi connectivity index (χ1) is 13.0. The smallest absolute Gasteiger partial charge is 0.279 e. The highest BCUT2D eigenvalue weighted by Crippen LogP contribution is 2.24. The summed E-state index contributed by atoms with van der Waals surface area (Å²) in [6, 6.07) is 8.76. The number of aromatic amines is 1. The van der Waals surface area contributed by atoms with E-state index in [4.69, 9.17) is 11.6 Å². The quantitative estimate of drug-likeness (QED) is 0.476. The monoisotopic (exact) mass is 400 g/mol. The number of allylic oxidation sites excluding steroid dienone is 3. The molecule has 0 aliphatic rings. The van der Waals surface area contributed by atoms with Gasteiger partial charge < -0.3 is 10.3 Å². The molecule has 3 aromatic rings. The first-order valence-electron chi connectivity index (χ1n) is 8.13. The van der Waals surface area contributed by atoms with Gasteiger partial charge in [0, 0.05) is 22.7 Å². The van der Waals surface area contributed by atoms with Crippen molar-refractivity contribution < 1.29 is 4.79 Å². The zero-order valence-corrected chi connectivity index (χ0v) is 16.1. The summed E-state index contributed by atoms with van der Waals surface area (Å²) in [6.45, 7) is 5.89. The summed E-state index contributed by atoms with van der Waals surface area (Å²) < 4.78 is 1.93. The maximum absolute atomic E-state index is 12.8. The Kier molecular flexibility index (Phi) is 5.73. The van der Waals surface area contributed by atoms with Gasteiger partial charge in [0.15, 0.2) is 0 Å². The van der Waals surface area contributed by atoms with Crippen molar-refractivity contribution in [1.29, 1.82) is 0 Å². The van der Waals surface area contributed by atoms with Crippen molar-refractivity contribution in [1.82, 2.24) is 14.8 Å². The molecule has 0 fully saturated rings.